The van der Waals surface area contributed by atoms with E-state index in [0.29, 0.717) is 0 Å². The van der Waals surface area contributed by atoms with E-state index in [-0.39, 0.29) is 6.04 Å². The van der Waals surface area contributed by atoms with Crippen LogP contribution in [0.15, 0.2) is 24.5 Å². The second-order valence-electron chi connectivity index (χ2n) is 3.42. The van der Waals surface area contributed by atoms with Gasteiger partial charge in [0.15, 0.2) is 0 Å². The van der Waals surface area contributed by atoms with E-state index in [0.717, 1.165) is 5.56 Å². The SMILES string of the molecule is CC(C)(O)C(N)c1cccnc1. The predicted octanol–water partition coefficient (Wildman–Crippen LogP) is 0.852. The molecule has 0 aromatic carbocycles. The highest BCUT2D eigenvalue weighted by molar-refractivity contribution is 5.16. The normalized spacial score (nSPS) is 14.3. The van der Waals surface area contributed by atoms with Crippen molar-refractivity contribution >= 4 is 0 Å². The first-order valence-electron chi connectivity index (χ1n) is 3.89. The van der Waals surface area contributed by atoms with Crippen LogP contribution in [0.4, 0.5) is 0 Å². The molecular formula is C9H14N2O. The highest BCUT2D eigenvalue weighted by Crippen LogP contribution is 2.21. The summed E-state index contributed by atoms with van der Waals surface area (Å²) in [7, 11) is 0. The Labute approximate surface area is 72.2 Å². The van der Waals surface area contributed by atoms with Crippen LogP contribution in [0.25, 0.3) is 0 Å². The standard InChI is InChI=1S/C9H14N2O/c1-9(2,12)8(10)7-4-3-5-11-6-7/h3-6,8,12H,10H2,1-2H3. The lowest BCUT2D eigenvalue weighted by Gasteiger charge is -2.25. The maximum Gasteiger partial charge on any atom is 0.0784 e. The topological polar surface area (TPSA) is 59.1 Å². The predicted molar refractivity (Wildman–Crippen MR) is 47.5 cm³/mol. The number of rotatable bonds is 2. The van der Waals surface area contributed by atoms with E-state index in [1.165, 1.54) is 0 Å². The number of nitrogens with two attached hydrogens (primary N) is 1. The molecule has 0 bridgehead atoms. The van der Waals surface area contributed by atoms with Gasteiger partial charge in [-0.05, 0) is 25.5 Å². The van der Waals surface area contributed by atoms with E-state index in [1.807, 2.05) is 6.07 Å². The maximum absolute atomic E-state index is 9.59. The van der Waals surface area contributed by atoms with E-state index < -0.39 is 5.60 Å². The van der Waals surface area contributed by atoms with Gasteiger partial charge in [-0.25, -0.2) is 0 Å². The molecule has 0 fully saturated rings. The van der Waals surface area contributed by atoms with E-state index in [9.17, 15) is 5.11 Å². The fourth-order valence-electron chi connectivity index (χ4n) is 0.968. The molecule has 1 heterocycles. The molecule has 0 aliphatic carbocycles. The molecule has 1 unspecified atom stereocenters. The fourth-order valence-corrected chi connectivity index (χ4v) is 0.968. The monoisotopic (exact) mass is 166 g/mol. The maximum atomic E-state index is 9.59. The molecule has 3 heteroatoms. The van der Waals surface area contributed by atoms with Crippen molar-refractivity contribution in [3.05, 3.63) is 30.1 Å². The molecule has 3 nitrogen and oxygen atoms in total. The summed E-state index contributed by atoms with van der Waals surface area (Å²) < 4.78 is 0. The zero-order chi connectivity index (χ0) is 9.19. The van der Waals surface area contributed by atoms with Crippen LogP contribution in [0.5, 0.6) is 0 Å². The summed E-state index contributed by atoms with van der Waals surface area (Å²) in [5, 5.41) is 9.59. The highest BCUT2D eigenvalue weighted by Gasteiger charge is 2.24. The van der Waals surface area contributed by atoms with Crippen molar-refractivity contribution in [2.45, 2.75) is 25.5 Å². The molecule has 12 heavy (non-hydrogen) atoms. The molecule has 0 amide bonds. The average molecular weight is 166 g/mol. The Hall–Kier alpha value is -0.930. The lowest BCUT2D eigenvalue weighted by molar-refractivity contribution is 0.0516. The first-order chi connectivity index (χ1) is 5.52. The number of nitrogens with zero attached hydrogens (tertiary/aromatic N) is 1. The molecule has 1 rings (SSSR count). The first-order valence-corrected chi connectivity index (χ1v) is 3.89. The van der Waals surface area contributed by atoms with E-state index in [2.05, 4.69) is 4.98 Å². The quantitative estimate of drug-likeness (QED) is 0.684. The number of hydrogen-bond donors (Lipinski definition) is 2. The molecule has 1 atom stereocenters. The average Bonchev–Trinajstić information content (AvgIpc) is 2.03. The minimum Gasteiger partial charge on any atom is -0.388 e. The summed E-state index contributed by atoms with van der Waals surface area (Å²) in [5.41, 5.74) is 5.73. The van der Waals surface area contributed by atoms with Gasteiger partial charge in [0.05, 0.1) is 11.6 Å². The molecule has 0 spiro atoms. The lowest BCUT2D eigenvalue weighted by atomic mass is 9.94. The smallest absolute Gasteiger partial charge is 0.0784 e. The zero-order valence-electron chi connectivity index (χ0n) is 7.36. The lowest BCUT2D eigenvalue weighted by Crippen LogP contribution is -2.35. The van der Waals surface area contributed by atoms with Gasteiger partial charge in [0.1, 0.15) is 0 Å². The third-order valence-corrected chi connectivity index (χ3v) is 1.80. The van der Waals surface area contributed by atoms with Crippen molar-refractivity contribution in [3.8, 4) is 0 Å². The van der Waals surface area contributed by atoms with E-state index in [1.54, 1.807) is 32.3 Å². The van der Waals surface area contributed by atoms with E-state index in [4.69, 9.17) is 5.73 Å². The number of aliphatic hydroxyl groups is 1. The Kier molecular flexibility index (Phi) is 2.45. The Morgan fingerprint density at radius 3 is 2.67 bits per heavy atom. The molecule has 1 aromatic rings. The van der Waals surface area contributed by atoms with Gasteiger partial charge >= 0.3 is 0 Å². The Morgan fingerprint density at radius 1 is 1.58 bits per heavy atom. The van der Waals surface area contributed by atoms with Crippen LogP contribution in [-0.4, -0.2) is 15.7 Å². The summed E-state index contributed by atoms with van der Waals surface area (Å²) in [6, 6.07) is 3.28. The molecule has 0 saturated carbocycles. The van der Waals surface area contributed by atoms with Crippen LogP contribution < -0.4 is 5.73 Å². The molecule has 0 saturated heterocycles. The number of pyridine rings is 1. The summed E-state index contributed by atoms with van der Waals surface area (Å²) in [6.45, 7) is 3.37. The molecule has 66 valence electrons. The Balaban J connectivity index is 2.86. The second-order valence-corrected chi connectivity index (χ2v) is 3.42. The van der Waals surface area contributed by atoms with Gasteiger partial charge in [-0.3, -0.25) is 4.98 Å². The largest absolute Gasteiger partial charge is 0.388 e. The van der Waals surface area contributed by atoms with Gasteiger partial charge in [-0.15, -0.1) is 0 Å². The van der Waals surface area contributed by atoms with Crippen molar-refractivity contribution < 1.29 is 5.11 Å². The van der Waals surface area contributed by atoms with Crippen molar-refractivity contribution in [2.24, 2.45) is 5.73 Å². The van der Waals surface area contributed by atoms with Crippen LogP contribution >= 0.6 is 0 Å². The van der Waals surface area contributed by atoms with Crippen molar-refractivity contribution in [1.82, 2.24) is 4.98 Å². The molecule has 0 radical (unpaired) electrons. The second kappa shape index (κ2) is 3.21. The van der Waals surface area contributed by atoms with Gasteiger partial charge in [0, 0.05) is 12.4 Å². The van der Waals surface area contributed by atoms with Crippen LogP contribution in [0.3, 0.4) is 0 Å². The van der Waals surface area contributed by atoms with Gasteiger partial charge in [0.25, 0.3) is 0 Å². The first kappa shape index (κ1) is 9.16. The van der Waals surface area contributed by atoms with Crippen molar-refractivity contribution in [3.63, 3.8) is 0 Å². The number of aromatic nitrogens is 1. The summed E-state index contributed by atoms with van der Waals surface area (Å²) in [5.74, 6) is 0. The van der Waals surface area contributed by atoms with Crippen LogP contribution in [0, 0.1) is 0 Å². The van der Waals surface area contributed by atoms with Gasteiger partial charge in [0.2, 0.25) is 0 Å². The minimum atomic E-state index is -0.900. The minimum absolute atomic E-state index is 0.383. The van der Waals surface area contributed by atoms with Crippen molar-refractivity contribution in [1.29, 1.82) is 0 Å². The summed E-state index contributed by atoms with van der Waals surface area (Å²) in [6.07, 6.45) is 3.35. The highest BCUT2D eigenvalue weighted by atomic mass is 16.3. The van der Waals surface area contributed by atoms with E-state index >= 15 is 0 Å². The molecular weight excluding hydrogens is 152 g/mol. The van der Waals surface area contributed by atoms with Crippen LogP contribution in [-0.2, 0) is 0 Å². The Morgan fingerprint density at radius 2 is 2.25 bits per heavy atom. The third kappa shape index (κ3) is 2.03. The summed E-state index contributed by atoms with van der Waals surface area (Å²) in [4.78, 5) is 3.93. The van der Waals surface area contributed by atoms with Crippen LogP contribution in [0.1, 0.15) is 25.5 Å². The molecule has 0 aliphatic heterocycles. The van der Waals surface area contributed by atoms with Crippen LogP contribution in [0.2, 0.25) is 0 Å². The fraction of sp³-hybridized carbons (Fsp3) is 0.444. The van der Waals surface area contributed by atoms with Gasteiger partial charge in [-0.1, -0.05) is 6.07 Å². The summed E-state index contributed by atoms with van der Waals surface area (Å²) >= 11 is 0. The molecule has 3 N–H and O–H groups in total. The zero-order valence-corrected chi connectivity index (χ0v) is 7.36. The van der Waals surface area contributed by atoms with Crippen molar-refractivity contribution in [2.75, 3.05) is 0 Å². The number of hydrogen-bond acceptors (Lipinski definition) is 3. The molecule has 0 aliphatic rings. The Bertz CT molecular complexity index is 240. The van der Waals surface area contributed by atoms with Gasteiger partial charge < -0.3 is 10.8 Å². The molecule has 1 aromatic heterocycles. The third-order valence-electron chi connectivity index (χ3n) is 1.80. The van der Waals surface area contributed by atoms with Gasteiger partial charge in [-0.2, -0.15) is 0 Å².